The maximum absolute atomic E-state index is 12.1. The number of sulfonamides is 1. The van der Waals surface area contributed by atoms with Crippen LogP contribution in [0.5, 0.6) is 0 Å². The summed E-state index contributed by atoms with van der Waals surface area (Å²) in [4.78, 5) is 13.8. The zero-order valence-corrected chi connectivity index (χ0v) is 14.8. The number of carbonyl (C=O) groups excluding carboxylic acids is 1. The number of rotatable bonds is 5. The SMILES string of the molecule is CC(N)C1CCN(C(=O)CNS(=O)(=O)c2cccs2)CC1.Cl. The van der Waals surface area contributed by atoms with Crippen molar-refractivity contribution in [1.82, 2.24) is 9.62 Å². The van der Waals surface area contributed by atoms with Gasteiger partial charge in [-0.3, -0.25) is 4.79 Å². The van der Waals surface area contributed by atoms with E-state index in [0.717, 1.165) is 24.2 Å². The van der Waals surface area contributed by atoms with E-state index in [2.05, 4.69) is 4.72 Å². The van der Waals surface area contributed by atoms with E-state index in [1.54, 1.807) is 16.3 Å². The number of hydrogen-bond donors (Lipinski definition) is 2. The van der Waals surface area contributed by atoms with Crippen LogP contribution in [-0.2, 0) is 14.8 Å². The van der Waals surface area contributed by atoms with E-state index >= 15 is 0 Å². The van der Waals surface area contributed by atoms with Crippen molar-refractivity contribution in [2.75, 3.05) is 19.6 Å². The van der Waals surface area contributed by atoms with Gasteiger partial charge in [0.25, 0.3) is 10.0 Å². The summed E-state index contributed by atoms with van der Waals surface area (Å²) >= 11 is 1.13. The molecule has 1 unspecified atom stereocenters. The van der Waals surface area contributed by atoms with Gasteiger partial charge in [0.05, 0.1) is 6.54 Å². The van der Waals surface area contributed by atoms with Gasteiger partial charge in [0.1, 0.15) is 4.21 Å². The van der Waals surface area contributed by atoms with Crippen molar-refractivity contribution in [3.05, 3.63) is 17.5 Å². The fraction of sp³-hybridized carbons (Fsp3) is 0.615. The van der Waals surface area contributed by atoms with Crippen molar-refractivity contribution in [2.45, 2.75) is 30.0 Å². The second kappa shape index (κ2) is 8.26. The van der Waals surface area contributed by atoms with Crippen LogP contribution in [0.2, 0.25) is 0 Å². The number of likely N-dealkylation sites (tertiary alicyclic amines) is 1. The van der Waals surface area contributed by atoms with Gasteiger partial charge in [0.2, 0.25) is 5.91 Å². The molecule has 0 bridgehead atoms. The van der Waals surface area contributed by atoms with Crippen molar-refractivity contribution in [3.8, 4) is 0 Å². The normalized spacial score (nSPS) is 17.8. The average molecular weight is 368 g/mol. The van der Waals surface area contributed by atoms with Gasteiger partial charge in [-0.15, -0.1) is 23.7 Å². The van der Waals surface area contributed by atoms with Crippen LogP contribution in [0.1, 0.15) is 19.8 Å². The van der Waals surface area contributed by atoms with Gasteiger partial charge in [0.15, 0.2) is 0 Å². The molecular formula is C13H22ClN3O3S2. The van der Waals surface area contributed by atoms with Crippen LogP contribution < -0.4 is 10.5 Å². The number of nitrogens with one attached hydrogen (secondary N) is 1. The summed E-state index contributed by atoms with van der Waals surface area (Å²) in [7, 11) is -3.57. The van der Waals surface area contributed by atoms with E-state index in [4.69, 9.17) is 5.73 Å². The van der Waals surface area contributed by atoms with Gasteiger partial charge in [0, 0.05) is 19.1 Å². The van der Waals surface area contributed by atoms with Crippen LogP contribution in [0.15, 0.2) is 21.7 Å². The number of nitrogens with two attached hydrogens (primary N) is 1. The number of halogens is 1. The maximum atomic E-state index is 12.1. The van der Waals surface area contributed by atoms with Crippen molar-refractivity contribution >= 4 is 39.7 Å². The van der Waals surface area contributed by atoms with E-state index < -0.39 is 10.0 Å². The van der Waals surface area contributed by atoms with Gasteiger partial charge in [-0.1, -0.05) is 6.07 Å². The summed E-state index contributed by atoms with van der Waals surface area (Å²) in [6.07, 6.45) is 1.75. The van der Waals surface area contributed by atoms with Crippen LogP contribution in [0.3, 0.4) is 0 Å². The van der Waals surface area contributed by atoms with Gasteiger partial charge < -0.3 is 10.6 Å². The molecule has 2 rings (SSSR count). The number of nitrogens with zero attached hydrogens (tertiary/aromatic N) is 1. The van der Waals surface area contributed by atoms with Gasteiger partial charge in [-0.25, -0.2) is 13.1 Å². The molecule has 22 heavy (non-hydrogen) atoms. The van der Waals surface area contributed by atoms with E-state index in [9.17, 15) is 13.2 Å². The number of amides is 1. The van der Waals surface area contributed by atoms with Crippen molar-refractivity contribution in [1.29, 1.82) is 0 Å². The molecule has 1 atom stereocenters. The molecule has 0 radical (unpaired) electrons. The molecule has 9 heteroatoms. The second-order valence-corrected chi connectivity index (χ2v) is 8.28. The molecule has 0 aromatic carbocycles. The first-order valence-electron chi connectivity index (χ1n) is 6.96. The Balaban J connectivity index is 0.00000242. The zero-order valence-electron chi connectivity index (χ0n) is 12.4. The Kier molecular flexibility index (Phi) is 7.27. The smallest absolute Gasteiger partial charge is 0.250 e. The van der Waals surface area contributed by atoms with E-state index in [1.807, 2.05) is 6.92 Å². The Bertz CT molecular complexity index is 567. The summed E-state index contributed by atoms with van der Waals surface area (Å²) in [5.41, 5.74) is 5.86. The number of hydrogen-bond acceptors (Lipinski definition) is 5. The molecule has 1 amide bonds. The minimum absolute atomic E-state index is 0. The van der Waals surface area contributed by atoms with E-state index in [0.29, 0.717) is 19.0 Å². The Morgan fingerprint density at radius 2 is 2.14 bits per heavy atom. The molecule has 0 saturated carbocycles. The topological polar surface area (TPSA) is 92.5 Å². The van der Waals surface area contributed by atoms with Crippen LogP contribution >= 0.6 is 23.7 Å². The molecule has 1 saturated heterocycles. The standard InChI is InChI=1S/C13H21N3O3S2.ClH/c1-10(14)11-4-6-16(7-5-11)12(17)9-15-21(18,19)13-3-2-8-20-13;/h2-3,8,10-11,15H,4-7,9,14H2,1H3;1H. The molecule has 1 fully saturated rings. The first-order valence-corrected chi connectivity index (χ1v) is 9.33. The monoisotopic (exact) mass is 367 g/mol. The summed E-state index contributed by atoms with van der Waals surface area (Å²) in [6, 6.07) is 3.32. The van der Waals surface area contributed by atoms with Crippen LogP contribution in [0, 0.1) is 5.92 Å². The van der Waals surface area contributed by atoms with Crippen molar-refractivity contribution < 1.29 is 13.2 Å². The lowest BCUT2D eigenvalue weighted by atomic mass is 9.91. The van der Waals surface area contributed by atoms with Crippen molar-refractivity contribution in [3.63, 3.8) is 0 Å². The molecule has 1 aromatic rings. The third-order valence-electron chi connectivity index (χ3n) is 3.81. The fourth-order valence-electron chi connectivity index (χ4n) is 2.43. The van der Waals surface area contributed by atoms with Gasteiger partial charge >= 0.3 is 0 Å². The van der Waals surface area contributed by atoms with Crippen LogP contribution in [-0.4, -0.2) is 44.9 Å². The fourth-order valence-corrected chi connectivity index (χ4v) is 4.44. The third kappa shape index (κ3) is 4.92. The Morgan fingerprint density at radius 3 is 2.64 bits per heavy atom. The minimum atomic E-state index is -3.57. The first-order chi connectivity index (χ1) is 9.90. The predicted octanol–water partition coefficient (Wildman–Crippen LogP) is 1.03. The average Bonchev–Trinajstić information content (AvgIpc) is 3.00. The van der Waals surface area contributed by atoms with Gasteiger partial charge in [-0.2, -0.15) is 0 Å². The highest BCUT2D eigenvalue weighted by Gasteiger charge is 2.25. The Hall–Kier alpha value is -0.670. The van der Waals surface area contributed by atoms with Crippen LogP contribution in [0.25, 0.3) is 0 Å². The number of piperidine rings is 1. The molecule has 1 aliphatic rings. The summed E-state index contributed by atoms with van der Waals surface area (Å²) < 4.78 is 26.5. The molecule has 0 spiro atoms. The summed E-state index contributed by atoms with van der Waals surface area (Å²) in [5, 5.41) is 1.69. The lowest BCUT2D eigenvalue weighted by Gasteiger charge is -2.33. The van der Waals surface area contributed by atoms with E-state index in [1.165, 1.54) is 6.07 Å². The zero-order chi connectivity index (χ0) is 15.5. The largest absolute Gasteiger partial charge is 0.342 e. The lowest BCUT2D eigenvalue weighted by Crippen LogP contribution is -2.46. The molecular weight excluding hydrogens is 346 g/mol. The highest BCUT2D eigenvalue weighted by molar-refractivity contribution is 7.91. The van der Waals surface area contributed by atoms with Crippen LogP contribution in [0.4, 0.5) is 0 Å². The summed E-state index contributed by atoms with van der Waals surface area (Å²) in [6.45, 7) is 3.08. The maximum Gasteiger partial charge on any atom is 0.250 e. The Labute approximate surface area is 141 Å². The lowest BCUT2D eigenvalue weighted by molar-refractivity contribution is -0.131. The molecule has 3 N–H and O–H groups in total. The van der Waals surface area contributed by atoms with Gasteiger partial charge in [-0.05, 0) is 37.1 Å². The highest BCUT2D eigenvalue weighted by atomic mass is 35.5. The van der Waals surface area contributed by atoms with E-state index in [-0.39, 0.29) is 35.1 Å². The molecule has 0 aliphatic carbocycles. The second-order valence-electron chi connectivity index (χ2n) is 5.33. The minimum Gasteiger partial charge on any atom is -0.342 e. The molecule has 1 aromatic heterocycles. The molecule has 1 aliphatic heterocycles. The predicted molar refractivity (Wildman–Crippen MR) is 89.7 cm³/mol. The quantitative estimate of drug-likeness (QED) is 0.813. The third-order valence-corrected chi connectivity index (χ3v) is 6.61. The van der Waals surface area contributed by atoms with Crippen molar-refractivity contribution in [2.24, 2.45) is 11.7 Å². The Morgan fingerprint density at radius 1 is 1.50 bits per heavy atom. The first kappa shape index (κ1) is 19.4. The number of thiophene rings is 1. The summed E-state index contributed by atoms with van der Waals surface area (Å²) in [5.74, 6) is 0.259. The molecule has 126 valence electrons. The molecule has 6 nitrogen and oxygen atoms in total. The highest BCUT2D eigenvalue weighted by Crippen LogP contribution is 2.19. The molecule has 2 heterocycles. The number of carbonyl (C=O) groups is 1.